The second kappa shape index (κ2) is 8.69. The smallest absolute Gasteiger partial charge is 0.387 e. The summed E-state index contributed by atoms with van der Waals surface area (Å²) < 4.78 is 47.7. The fourth-order valence-corrected chi connectivity index (χ4v) is 5.66. The van der Waals surface area contributed by atoms with E-state index in [2.05, 4.69) is 15.1 Å². The summed E-state index contributed by atoms with van der Waals surface area (Å²) in [7, 11) is 0. The molecule has 4 heterocycles. The largest absolute Gasteiger partial charge is 0.434 e. The lowest BCUT2D eigenvalue weighted by Crippen LogP contribution is -2.53. The van der Waals surface area contributed by atoms with Gasteiger partial charge in [-0.05, 0) is 44.5 Å². The molecule has 0 spiro atoms. The maximum Gasteiger partial charge on any atom is 0.387 e. The van der Waals surface area contributed by atoms with E-state index in [9.17, 15) is 33.3 Å². The highest BCUT2D eigenvalue weighted by molar-refractivity contribution is 5.98. The second-order valence-electron chi connectivity index (χ2n) is 10.4. The van der Waals surface area contributed by atoms with Crippen molar-refractivity contribution < 1.29 is 38.0 Å². The van der Waals surface area contributed by atoms with Crippen molar-refractivity contribution in [3.05, 3.63) is 76.8 Å². The van der Waals surface area contributed by atoms with E-state index in [4.69, 9.17) is 10.5 Å². The maximum atomic E-state index is 14.9. The van der Waals surface area contributed by atoms with E-state index in [0.717, 1.165) is 0 Å². The monoisotopic (exact) mass is 556 g/mol. The predicted molar refractivity (Wildman–Crippen MR) is 131 cm³/mol. The van der Waals surface area contributed by atoms with E-state index in [-0.39, 0.29) is 34.7 Å². The zero-order valence-electron chi connectivity index (χ0n) is 21.1. The van der Waals surface area contributed by atoms with Crippen LogP contribution in [-0.2, 0) is 5.54 Å². The Labute approximate surface area is 224 Å². The summed E-state index contributed by atoms with van der Waals surface area (Å²) in [5.74, 6) is -2.69. The first-order valence-corrected chi connectivity index (χ1v) is 12.2. The van der Waals surface area contributed by atoms with E-state index in [1.807, 2.05) is 0 Å². The molecule has 1 aromatic carbocycles. The minimum Gasteiger partial charge on any atom is -0.434 e. The Morgan fingerprint density at radius 1 is 1.15 bits per heavy atom. The van der Waals surface area contributed by atoms with E-state index in [1.54, 1.807) is 19.9 Å². The summed E-state index contributed by atoms with van der Waals surface area (Å²) >= 11 is 0. The van der Waals surface area contributed by atoms with Gasteiger partial charge < -0.3 is 25.8 Å². The van der Waals surface area contributed by atoms with Crippen molar-refractivity contribution in [3.8, 4) is 17.0 Å². The van der Waals surface area contributed by atoms with Crippen LogP contribution < -0.4 is 10.5 Å². The van der Waals surface area contributed by atoms with Crippen molar-refractivity contribution >= 4 is 11.4 Å². The second-order valence-corrected chi connectivity index (χ2v) is 10.4. The molecule has 0 saturated carbocycles. The van der Waals surface area contributed by atoms with Crippen LogP contribution >= 0.6 is 0 Å². The van der Waals surface area contributed by atoms with Gasteiger partial charge >= 0.3 is 12.7 Å². The average Bonchev–Trinajstić information content (AvgIpc) is 3.35. The van der Waals surface area contributed by atoms with Gasteiger partial charge in [0.15, 0.2) is 0 Å². The Bertz CT molecular complexity index is 1680. The summed E-state index contributed by atoms with van der Waals surface area (Å²) in [5, 5.41) is 35.0. The molecule has 0 fully saturated rings. The first kappa shape index (κ1) is 26.1. The van der Waals surface area contributed by atoms with Gasteiger partial charge in [-0.15, -0.1) is 0 Å². The van der Waals surface area contributed by atoms with Crippen LogP contribution in [0.15, 0.2) is 42.9 Å². The highest BCUT2D eigenvalue weighted by Gasteiger charge is 2.52. The standard InChI is InChI=1S/C26H23F3N6O5/c1-25(2,30)22-14(27)6-11(9-31-22)15-8-16-20-13-7-17(21(20)33-34(16)10-32-15)35(26(37,38)39)23(36)12-4-3-5-18(19(12)13)40-24(28)29/h3-6,8-10,13,17,24,37-39H,7,30H2,1-2H3. The van der Waals surface area contributed by atoms with Gasteiger partial charge in [0.25, 0.3) is 5.91 Å². The number of carbonyl (C=O) groups excluding carboxylic acids is 1. The molecule has 5 N–H and O–H groups in total. The van der Waals surface area contributed by atoms with E-state index in [0.29, 0.717) is 27.2 Å². The molecule has 6 rings (SSSR count). The Morgan fingerprint density at radius 2 is 1.90 bits per heavy atom. The van der Waals surface area contributed by atoms with Gasteiger partial charge in [-0.3, -0.25) is 14.7 Å². The van der Waals surface area contributed by atoms with Crippen LogP contribution in [0.2, 0.25) is 0 Å². The summed E-state index contributed by atoms with van der Waals surface area (Å²) in [6, 6.07) is 5.61. The van der Waals surface area contributed by atoms with Gasteiger partial charge in [-0.2, -0.15) is 13.9 Å². The molecule has 11 nitrogen and oxygen atoms in total. The number of rotatable bonds is 5. The zero-order chi connectivity index (χ0) is 28.7. The Balaban J connectivity index is 1.57. The third kappa shape index (κ3) is 3.99. The first-order valence-electron chi connectivity index (χ1n) is 12.2. The molecule has 1 aliphatic carbocycles. The third-order valence-corrected chi connectivity index (χ3v) is 7.18. The van der Waals surface area contributed by atoms with Gasteiger partial charge in [0.05, 0.1) is 34.2 Å². The lowest BCUT2D eigenvalue weighted by atomic mass is 9.88. The minimum absolute atomic E-state index is 0.0198. The van der Waals surface area contributed by atoms with Gasteiger partial charge in [-0.1, -0.05) is 6.07 Å². The molecule has 2 aliphatic rings. The van der Waals surface area contributed by atoms with Crippen molar-refractivity contribution in [2.24, 2.45) is 5.73 Å². The van der Waals surface area contributed by atoms with Crippen LogP contribution in [0, 0.1) is 5.82 Å². The average molecular weight is 557 g/mol. The van der Waals surface area contributed by atoms with Crippen LogP contribution in [0.5, 0.6) is 5.75 Å². The number of halogens is 3. The summed E-state index contributed by atoms with van der Waals surface area (Å²) in [5.41, 5.74) is 6.72. The molecule has 1 amide bonds. The fraction of sp³-hybridized carbons (Fsp3) is 0.308. The van der Waals surface area contributed by atoms with Crippen LogP contribution in [0.25, 0.3) is 16.8 Å². The number of aromatic nitrogens is 4. The number of ether oxygens (including phenoxy) is 1. The number of hydrogen-bond donors (Lipinski definition) is 4. The lowest BCUT2D eigenvalue weighted by molar-refractivity contribution is -0.385. The fourth-order valence-electron chi connectivity index (χ4n) is 5.66. The number of pyridine rings is 1. The Kier molecular flexibility index (Phi) is 5.68. The first-order chi connectivity index (χ1) is 18.8. The van der Waals surface area contributed by atoms with Crippen molar-refractivity contribution in [3.63, 3.8) is 0 Å². The molecule has 14 heteroatoms. The molecular weight excluding hydrogens is 533 g/mol. The molecule has 3 aromatic heterocycles. The van der Waals surface area contributed by atoms with Crippen LogP contribution in [0.1, 0.15) is 65.1 Å². The van der Waals surface area contributed by atoms with Crippen molar-refractivity contribution in [2.75, 3.05) is 0 Å². The molecule has 40 heavy (non-hydrogen) atoms. The molecule has 2 unspecified atom stereocenters. The SMILES string of the molecule is CC(C)(N)c1ncc(-c2cc3c4c(nn3cn2)C2CC4c3c(OC(F)F)cccc3C(=O)N2C(O)(O)O)cc1F. The van der Waals surface area contributed by atoms with Crippen molar-refractivity contribution in [2.45, 2.75) is 50.5 Å². The highest BCUT2D eigenvalue weighted by Crippen LogP contribution is 2.54. The number of hydrogen-bond acceptors (Lipinski definition) is 9. The van der Waals surface area contributed by atoms with Gasteiger partial charge in [-0.25, -0.2) is 13.9 Å². The van der Waals surface area contributed by atoms with Crippen LogP contribution in [0.4, 0.5) is 13.2 Å². The molecule has 208 valence electrons. The summed E-state index contributed by atoms with van der Waals surface area (Å²) in [6.07, 6.45) is -0.843. The molecular formula is C26H23F3N6O5. The molecule has 0 radical (unpaired) electrons. The number of amides is 1. The summed E-state index contributed by atoms with van der Waals surface area (Å²) in [4.78, 5) is 22.4. The van der Waals surface area contributed by atoms with E-state index in [1.165, 1.54) is 41.3 Å². The van der Waals surface area contributed by atoms with Crippen LogP contribution in [-0.4, -0.2) is 58.4 Å². The number of nitrogens with two attached hydrogens (primary N) is 1. The van der Waals surface area contributed by atoms with Gasteiger partial charge in [0, 0.05) is 34.4 Å². The zero-order valence-corrected chi connectivity index (χ0v) is 21.1. The minimum atomic E-state index is -3.59. The lowest BCUT2D eigenvalue weighted by Gasteiger charge is -2.34. The topological polar surface area (TPSA) is 159 Å². The molecule has 0 saturated heterocycles. The quantitative estimate of drug-likeness (QED) is 0.271. The highest BCUT2D eigenvalue weighted by atomic mass is 19.3. The summed E-state index contributed by atoms with van der Waals surface area (Å²) in [6.45, 7) is 0.0424. The number of alkyl halides is 2. The number of fused-ring (bicyclic) bond motifs is 9. The van der Waals surface area contributed by atoms with Crippen molar-refractivity contribution in [1.29, 1.82) is 0 Å². The number of aliphatic hydroxyl groups is 3. The normalized spacial score (nSPS) is 18.8. The maximum absolute atomic E-state index is 14.9. The third-order valence-electron chi connectivity index (χ3n) is 7.18. The predicted octanol–water partition coefficient (Wildman–Crippen LogP) is 2.35. The van der Waals surface area contributed by atoms with Crippen molar-refractivity contribution in [1.82, 2.24) is 24.5 Å². The van der Waals surface area contributed by atoms with E-state index < -0.39 is 41.9 Å². The molecule has 1 aliphatic heterocycles. The molecule has 2 bridgehead atoms. The number of carbonyl (C=O) groups is 1. The Morgan fingerprint density at radius 3 is 2.55 bits per heavy atom. The number of benzene rings is 1. The molecule has 2 atom stereocenters. The van der Waals surface area contributed by atoms with Crippen LogP contribution in [0.3, 0.4) is 0 Å². The van der Waals surface area contributed by atoms with E-state index >= 15 is 0 Å². The number of nitrogens with zero attached hydrogens (tertiary/aromatic N) is 5. The van der Waals surface area contributed by atoms with Gasteiger partial charge in [0.1, 0.15) is 17.9 Å². The van der Waals surface area contributed by atoms with Gasteiger partial charge in [0.2, 0.25) is 0 Å². The Hall–Kier alpha value is -4.11. The molecule has 4 aromatic rings.